The number of rotatable bonds is 9. The molecule has 1 aromatic carbocycles. The average Bonchev–Trinajstić information content (AvgIpc) is 2.46. The highest BCUT2D eigenvalue weighted by atomic mass is 16.2. The van der Waals surface area contributed by atoms with Crippen LogP contribution in [-0.2, 0) is 9.59 Å². The highest BCUT2D eigenvalue weighted by Crippen LogP contribution is 2.05. The summed E-state index contributed by atoms with van der Waals surface area (Å²) in [5, 5.41) is 5.37. The van der Waals surface area contributed by atoms with Crippen LogP contribution in [0.4, 0.5) is 5.69 Å². The van der Waals surface area contributed by atoms with Crippen LogP contribution in [0, 0.1) is 0 Å². The summed E-state index contributed by atoms with van der Waals surface area (Å²) in [5.74, 6) is -0.250. The lowest BCUT2D eigenvalue weighted by Gasteiger charge is -2.06. The molecule has 0 aliphatic carbocycles. The van der Waals surface area contributed by atoms with Crippen molar-refractivity contribution < 1.29 is 9.59 Å². The molecule has 0 aromatic heterocycles. The van der Waals surface area contributed by atoms with Crippen molar-refractivity contribution in [2.75, 3.05) is 11.9 Å². The summed E-state index contributed by atoms with van der Waals surface area (Å²) in [6, 6.07) is 9.21. The third kappa shape index (κ3) is 7.56. The average molecular weight is 276 g/mol. The van der Waals surface area contributed by atoms with Gasteiger partial charge in [-0.3, -0.25) is 9.59 Å². The molecule has 0 unspecified atom stereocenters. The van der Waals surface area contributed by atoms with Gasteiger partial charge in [0.05, 0.1) is 6.54 Å². The minimum Gasteiger partial charge on any atom is -0.347 e. The second-order valence-corrected chi connectivity index (χ2v) is 4.86. The Morgan fingerprint density at radius 3 is 2.35 bits per heavy atom. The van der Waals surface area contributed by atoms with E-state index < -0.39 is 0 Å². The lowest BCUT2D eigenvalue weighted by Crippen LogP contribution is -2.32. The van der Waals surface area contributed by atoms with Gasteiger partial charge in [-0.1, -0.05) is 50.8 Å². The Labute approximate surface area is 121 Å². The second kappa shape index (κ2) is 10.0. The molecule has 0 spiro atoms. The van der Waals surface area contributed by atoms with E-state index >= 15 is 0 Å². The maximum atomic E-state index is 11.6. The first kappa shape index (κ1) is 16.2. The summed E-state index contributed by atoms with van der Waals surface area (Å²) in [5.41, 5.74) is 0.742. The van der Waals surface area contributed by atoms with Gasteiger partial charge >= 0.3 is 0 Å². The highest BCUT2D eigenvalue weighted by molar-refractivity contribution is 5.94. The van der Waals surface area contributed by atoms with Gasteiger partial charge in [0.25, 0.3) is 0 Å². The fraction of sp³-hybridized carbons (Fsp3) is 0.500. The van der Waals surface area contributed by atoms with Gasteiger partial charge in [0.2, 0.25) is 11.8 Å². The van der Waals surface area contributed by atoms with Crippen LogP contribution in [0.3, 0.4) is 0 Å². The predicted molar refractivity (Wildman–Crippen MR) is 81.5 cm³/mol. The molecule has 2 amide bonds. The smallest absolute Gasteiger partial charge is 0.243 e. The lowest BCUT2D eigenvalue weighted by atomic mass is 10.1. The SMILES string of the molecule is CCCCCCCC(=O)NCC(=O)Nc1ccccc1. The molecule has 0 radical (unpaired) electrons. The molecule has 1 aromatic rings. The molecule has 0 heterocycles. The van der Waals surface area contributed by atoms with Crippen LogP contribution < -0.4 is 10.6 Å². The number of anilines is 1. The molecule has 0 aliphatic heterocycles. The van der Waals surface area contributed by atoms with E-state index in [2.05, 4.69) is 17.6 Å². The maximum absolute atomic E-state index is 11.6. The molecular formula is C16H24N2O2. The summed E-state index contributed by atoms with van der Waals surface area (Å²) < 4.78 is 0. The normalized spacial score (nSPS) is 10.1. The van der Waals surface area contributed by atoms with Gasteiger partial charge in [-0.2, -0.15) is 0 Å². The van der Waals surface area contributed by atoms with Gasteiger partial charge in [0.1, 0.15) is 0 Å². The molecule has 0 aliphatic rings. The van der Waals surface area contributed by atoms with Crippen LogP contribution in [0.1, 0.15) is 45.4 Å². The largest absolute Gasteiger partial charge is 0.347 e. The number of hydrogen-bond acceptors (Lipinski definition) is 2. The van der Waals surface area contributed by atoms with Crippen LogP contribution in [0.15, 0.2) is 30.3 Å². The number of hydrogen-bond donors (Lipinski definition) is 2. The minimum absolute atomic E-state index is 0.0304. The van der Waals surface area contributed by atoms with E-state index in [0.29, 0.717) is 6.42 Å². The van der Waals surface area contributed by atoms with Gasteiger partial charge in [-0.05, 0) is 18.6 Å². The van der Waals surface area contributed by atoms with Gasteiger partial charge in [0, 0.05) is 12.1 Å². The second-order valence-electron chi connectivity index (χ2n) is 4.86. The van der Waals surface area contributed by atoms with Crippen molar-refractivity contribution >= 4 is 17.5 Å². The third-order valence-corrected chi connectivity index (χ3v) is 3.01. The van der Waals surface area contributed by atoms with Gasteiger partial charge in [0.15, 0.2) is 0 Å². The molecule has 110 valence electrons. The molecular weight excluding hydrogens is 252 g/mol. The van der Waals surface area contributed by atoms with Crippen molar-refractivity contribution in [2.24, 2.45) is 0 Å². The minimum atomic E-state index is -0.199. The molecule has 0 fully saturated rings. The van der Waals surface area contributed by atoms with Crippen molar-refractivity contribution in [3.05, 3.63) is 30.3 Å². The van der Waals surface area contributed by atoms with E-state index in [1.165, 1.54) is 19.3 Å². The monoisotopic (exact) mass is 276 g/mol. The Morgan fingerprint density at radius 2 is 1.65 bits per heavy atom. The Hall–Kier alpha value is -1.84. The van der Waals surface area contributed by atoms with E-state index in [1.807, 2.05) is 30.3 Å². The van der Waals surface area contributed by atoms with E-state index in [-0.39, 0.29) is 18.4 Å². The van der Waals surface area contributed by atoms with Crippen LogP contribution in [0.25, 0.3) is 0 Å². The standard InChI is InChI=1S/C16H24N2O2/c1-2-3-4-5-9-12-15(19)17-13-16(20)18-14-10-7-6-8-11-14/h6-8,10-11H,2-5,9,12-13H2,1H3,(H,17,19)(H,18,20). The van der Waals surface area contributed by atoms with Crippen LogP contribution in [-0.4, -0.2) is 18.4 Å². The van der Waals surface area contributed by atoms with E-state index in [4.69, 9.17) is 0 Å². The number of carbonyl (C=O) groups is 2. The number of nitrogens with one attached hydrogen (secondary N) is 2. The number of benzene rings is 1. The zero-order valence-corrected chi connectivity index (χ0v) is 12.2. The van der Waals surface area contributed by atoms with Crippen molar-refractivity contribution in [3.8, 4) is 0 Å². The molecule has 4 nitrogen and oxygen atoms in total. The molecule has 1 rings (SSSR count). The highest BCUT2D eigenvalue weighted by Gasteiger charge is 2.05. The van der Waals surface area contributed by atoms with Gasteiger partial charge in [-0.15, -0.1) is 0 Å². The summed E-state index contributed by atoms with van der Waals surface area (Å²) in [6.07, 6.45) is 6.08. The summed E-state index contributed by atoms with van der Waals surface area (Å²) in [4.78, 5) is 23.1. The third-order valence-electron chi connectivity index (χ3n) is 3.01. The molecule has 0 saturated heterocycles. The van der Waals surface area contributed by atoms with Gasteiger partial charge < -0.3 is 10.6 Å². The zero-order chi connectivity index (χ0) is 14.6. The van der Waals surface area contributed by atoms with Crippen molar-refractivity contribution in [1.82, 2.24) is 5.32 Å². The molecule has 20 heavy (non-hydrogen) atoms. The Balaban J connectivity index is 2.10. The predicted octanol–water partition coefficient (Wildman–Crippen LogP) is 3.10. The van der Waals surface area contributed by atoms with Gasteiger partial charge in [-0.25, -0.2) is 0 Å². The number of amides is 2. The van der Waals surface area contributed by atoms with Crippen molar-refractivity contribution in [2.45, 2.75) is 45.4 Å². The molecule has 2 N–H and O–H groups in total. The number of unbranched alkanes of at least 4 members (excludes halogenated alkanes) is 4. The topological polar surface area (TPSA) is 58.2 Å². The molecule has 0 saturated carbocycles. The molecule has 0 atom stereocenters. The van der Waals surface area contributed by atoms with E-state index in [1.54, 1.807) is 0 Å². The van der Waals surface area contributed by atoms with E-state index in [0.717, 1.165) is 18.5 Å². The van der Waals surface area contributed by atoms with E-state index in [9.17, 15) is 9.59 Å². The first-order valence-electron chi connectivity index (χ1n) is 7.34. The first-order chi connectivity index (χ1) is 9.72. The van der Waals surface area contributed by atoms with Crippen LogP contribution in [0.5, 0.6) is 0 Å². The van der Waals surface area contributed by atoms with Crippen LogP contribution in [0.2, 0.25) is 0 Å². The van der Waals surface area contributed by atoms with Crippen molar-refractivity contribution in [1.29, 1.82) is 0 Å². The zero-order valence-electron chi connectivity index (χ0n) is 12.2. The Morgan fingerprint density at radius 1 is 0.950 bits per heavy atom. The van der Waals surface area contributed by atoms with Crippen LogP contribution >= 0.6 is 0 Å². The number of para-hydroxylation sites is 1. The quantitative estimate of drug-likeness (QED) is 0.681. The lowest BCUT2D eigenvalue weighted by molar-refractivity contribution is -0.124. The fourth-order valence-corrected chi connectivity index (χ4v) is 1.88. The summed E-state index contributed by atoms with van der Waals surface area (Å²) in [7, 11) is 0. The maximum Gasteiger partial charge on any atom is 0.243 e. The summed E-state index contributed by atoms with van der Waals surface area (Å²) >= 11 is 0. The Bertz CT molecular complexity index is 404. The first-order valence-corrected chi connectivity index (χ1v) is 7.34. The fourth-order valence-electron chi connectivity index (χ4n) is 1.88. The summed E-state index contributed by atoms with van der Waals surface area (Å²) in [6.45, 7) is 2.20. The Kier molecular flexibility index (Phi) is 8.11. The molecule has 4 heteroatoms. The molecule has 0 bridgehead atoms. The van der Waals surface area contributed by atoms with Crippen molar-refractivity contribution in [3.63, 3.8) is 0 Å². The number of carbonyl (C=O) groups excluding carboxylic acids is 2.